The Hall–Kier alpha value is -2.45. The van der Waals surface area contributed by atoms with Crippen molar-refractivity contribution < 1.29 is 33.2 Å². The van der Waals surface area contributed by atoms with E-state index in [1.165, 1.54) is 31.4 Å². The lowest BCUT2D eigenvalue weighted by Crippen LogP contribution is -2.63. The largest absolute Gasteiger partial charge is 0.497 e. The van der Waals surface area contributed by atoms with Gasteiger partial charge in [0.15, 0.2) is 0 Å². The summed E-state index contributed by atoms with van der Waals surface area (Å²) in [5, 5.41) is 0. The molecule has 0 N–H and O–H groups in total. The number of benzene rings is 1. The predicted molar refractivity (Wildman–Crippen MR) is 80.0 cm³/mol. The fourth-order valence-corrected chi connectivity index (χ4v) is 3.74. The van der Waals surface area contributed by atoms with E-state index in [2.05, 4.69) is 0 Å². The molecule has 132 valence electrons. The van der Waals surface area contributed by atoms with Gasteiger partial charge in [0.2, 0.25) is 11.8 Å². The monoisotopic (exact) mass is 349 g/mol. The number of halogens is 1. The molecule has 0 amide bonds. The van der Waals surface area contributed by atoms with Crippen LogP contribution in [0.3, 0.4) is 0 Å². The van der Waals surface area contributed by atoms with Gasteiger partial charge in [-0.2, -0.15) is 4.89 Å². The number of cyclic esters (lactones) is 1. The first kappa shape index (κ1) is 16.0. The SMILES string of the molecule is COC1=CC(=O)OC1C1(c2ccccc2F)OOC(=O)[C@@H]2CCCN21. The predicted octanol–water partition coefficient (Wildman–Crippen LogP) is 1.39. The Morgan fingerprint density at radius 3 is 2.88 bits per heavy atom. The van der Waals surface area contributed by atoms with Crippen LogP contribution >= 0.6 is 0 Å². The molecule has 3 heterocycles. The van der Waals surface area contributed by atoms with Gasteiger partial charge in [0.1, 0.15) is 17.6 Å². The van der Waals surface area contributed by atoms with Crippen molar-refractivity contribution in [3.63, 3.8) is 0 Å². The molecule has 0 bridgehead atoms. The van der Waals surface area contributed by atoms with Crippen molar-refractivity contribution in [1.29, 1.82) is 0 Å². The van der Waals surface area contributed by atoms with E-state index in [0.717, 1.165) is 0 Å². The van der Waals surface area contributed by atoms with Crippen molar-refractivity contribution in [1.82, 2.24) is 4.90 Å². The standard InChI is InChI=1S/C17H16FNO6/c1-22-13-9-14(20)23-15(13)17(10-5-2-3-6-11(10)18)19-8-4-7-12(19)16(21)24-25-17/h2-3,5-6,9,12,15H,4,7-8H2,1H3/t12-,15?,17?/m0/s1. The maximum Gasteiger partial charge on any atom is 0.359 e. The molecule has 3 atom stereocenters. The van der Waals surface area contributed by atoms with Crippen molar-refractivity contribution in [3.8, 4) is 0 Å². The number of rotatable bonds is 3. The zero-order valence-electron chi connectivity index (χ0n) is 13.4. The maximum absolute atomic E-state index is 14.7. The van der Waals surface area contributed by atoms with Gasteiger partial charge in [-0.25, -0.2) is 14.0 Å². The van der Waals surface area contributed by atoms with E-state index >= 15 is 0 Å². The number of ether oxygens (including phenoxy) is 2. The summed E-state index contributed by atoms with van der Waals surface area (Å²) in [4.78, 5) is 36.0. The minimum absolute atomic E-state index is 0.108. The van der Waals surface area contributed by atoms with Gasteiger partial charge in [-0.3, -0.25) is 9.79 Å². The number of hydrogen-bond acceptors (Lipinski definition) is 7. The molecule has 1 aromatic rings. The Kier molecular flexibility index (Phi) is 3.73. The molecule has 0 saturated carbocycles. The van der Waals surface area contributed by atoms with E-state index < -0.39 is 35.6 Å². The number of fused-ring (bicyclic) bond motifs is 1. The summed E-state index contributed by atoms with van der Waals surface area (Å²) in [6, 6.07) is 5.36. The molecule has 8 heteroatoms. The highest BCUT2D eigenvalue weighted by Gasteiger charge is 2.63. The second kappa shape index (κ2) is 5.82. The first-order valence-electron chi connectivity index (χ1n) is 7.95. The second-order valence-corrected chi connectivity index (χ2v) is 6.08. The highest BCUT2D eigenvalue weighted by molar-refractivity contribution is 5.85. The summed E-state index contributed by atoms with van der Waals surface area (Å²) < 4.78 is 25.3. The minimum atomic E-state index is -1.64. The Balaban J connectivity index is 1.91. The lowest BCUT2D eigenvalue weighted by molar-refractivity contribution is -0.419. The molecule has 1 aromatic carbocycles. The van der Waals surface area contributed by atoms with E-state index in [1.54, 1.807) is 11.0 Å². The third-order valence-corrected chi connectivity index (χ3v) is 4.81. The van der Waals surface area contributed by atoms with Gasteiger partial charge >= 0.3 is 11.9 Å². The summed E-state index contributed by atoms with van der Waals surface area (Å²) >= 11 is 0. The van der Waals surface area contributed by atoms with Gasteiger partial charge in [0.25, 0.3) is 0 Å². The molecule has 2 fully saturated rings. The summed E-state index contributed by atoms with van der Waals surface area (Å²) in [6.45, 7) is 0.457. The van der Waals surface area contributed by atoms with E-state index in [1.807, 2.05) is 0 Å². The highest BCUT2D eigenvalue weighted by atomic mass is 19.1. The van der Waals surface area contributed by atoms with Crippen LogP contribution in [0.4, 0.5) is 4.39 Å². The van der Waals surface area contributed by atoms with Gasteiger partial charge in [-0.05, 0) is 18.9 Å². The quantitative estimate of drug-likeness (QED) is 0.603. The molecule has 7 nitrogen and oxygen atoms in total. The normalized spacial score (nSPS) is 32.0. The van der Waals surface area contributed by atoms with Crippen LogP contribution in [0.2, 0.25) is 0 Å². The molecule has 0 radical (unpaired) electrons. The van der Waals surface area contributed by atoms with Crippen LogP contribution < -0.4 is 0 Å². The van der Waals surface area contributed by atoms with E-state index in [-0.39, 0.29) is 11.3 Å². The lowest BCUT2D eigenvalue weighted by Gasteiger charge is -2.47. The van der Waals surface area contributed by atoms with Crippen molar-refractivity contribution in [2.24, 2.45) is 0 Å². The van der Waals surface area contributed by atoms with Crippen molar-refractivity contribution >= 4 is 11.9 Å². The molecule has 0 spiro atoms. The van der Waals surface area contributed by atoms with Crippen LogP contribution in [-0.4, -0.2) is 42.6 Å². The number of esters is 1. The van der Waals surface area contributed by atoms with Crippen LogP contribution in [0.25, 0.3) is 0 Å². The molecule has 2 saturated heterocycles. The molecule has 3 aliphatic rings. The average molecular weight is 349 g/mol. The van der Waals surface area contributed by atoms with Gasteiger partial charge < -0.3 is 9.47 Å². The first-order valence-corrected chi connectivity index (χ1v) is 7.95. The van der Waals surface area contributed by atoms with Crippen LogP contribution in [-0.2, 0) is 34.6 Å². The van der Waals surface area contributed by atoms with Crippen LogP contribution in [0.15, 0.2) is 36.1 Å². The fraction of sp³-hybridized carbons (Fsp3) is 0.412. The molecule has 0 aliphatic carbocycles. The Labute approximate surface area is 142 Å². The lowest BCUT2D eigenvalue weighted by atomic mass is 9.92. The summed E-state index contributed by atoms with van der Waals surface area (Å²) in [5.41, 5.74) is -1.54. The number of hydrogen-bond donors (Lipinski definition) is 0. The number of nitrogens with zero attached hydrogens (tertiary/aromatic N) is 1. The molecular formula is C17H16FNO6. The Morgan fingerprint density at radius 2 is 2.12 bits per heavy atom. The van der Waals surface area contributed by atoms with E-state index in [9.17, 15) is 14.0 Å². The minimum Gasteiger partial charge on any atom is -0.497 e. The van der Waals surface area contributed by atoms with E-state index in [0.29, 0.717) is 19.4 Å². The van der Waals surface area contributed by atoms with Crippen LogP contribution in [0.5, 0.6) is 0 Å². The summed E-state index contributed by atoms with van der Waals surface area (Å²) in [5.74, 6) is -1.56. The fourth-order valence-electron chi connectivity index (χ4n) is 3.74. The van der Waals surface area contributed by atoms with Crippen molar-refractivity contribution in [2.45, 2.75) is 30.7 Å². The highest BCUT2D eigenvalue weighted by Crippen LogP contribution is 2.47. The Bertz CT molecular complexity index is 765. The number of methoxy groups -OCH3 is 1. The van der Waals surface area contributed by atoms with Gasteiger partial charge in [0, 0.05) is 12.1 Å². The smallest absolute Gasteiger partial charge is 0.359 e. The third-order valence-electron chi connectivity index (χ3n) is 4.81. The Morgan fingerprint density at radius 1 is 1.32 bits per heavy atom. The van der Waals surface area contributed by atoms with Crippen molar-refractivity contribution in [3.05, 3.63) is 47.5 Å². The van der Waals surface area contributed by atoms with Gasteiger partial charge in [-0.1, -0.05) is 18.2 Å². The molecule has 0 aromatic heterocycles. The summed E-state index contributed by atoms with van der Waals surface area (Å²) in [7, 11) is 1.38. The number of carbonyl (C=O) groups is 2. The van der Waals surface area contributed by atoms with E-state index in [4.69, 9.17) is 19.2 Å². The second-order valence-electron chi connectivity index (χ2n) is 6.08. The third kappa shape index (κ3) is 2.25. The van der Waals surface area contributed by atoms with Crippen LogP contribution in [0.1, 0.15) is 18.4 Å². The maximum atomic E-state index is 14.7. The zero-order chi connectivity index (χ0) is 17.6. The van der Waals surface area contributed by atoms with Crippen molar-refractivity contribution in [2.75, 3.05) is 13.7 Å². The molecular weight excluding hydrogens is 333 g/mol. The molecule has 4 rings (SSSR count). The molecule has 2 unspecified atom stereocenters. The van der Waals surface area contributed by atoms with Gasteiger partial charge in [-0.15, -0.1) is 0 Å². The molecule has 25 heavy (non-hydrogen) atoms. The topological polar surface area (TPSA) is 74.3 Å². The first-order chi connectivity index (χ1) is 12.1. The van der Waals surface area contributed by atoms with Crippen LogP contribution in [0, 0.1) is 5.82 Å². The average Bonchev–Trinajstić information content (AvgIpc) is 3.24. The molecule has 3 aliphatic heterocycles. The number of carbonyl (C=O) groups excluding carboxylic acids is 2. The van der Waals surface area contributed by atoms with Gasteiger partial charge in [0.05, 0.1) is 13.2 Å². The summed E-state index contributed by atoms with van der Waals surface area (Å²) in [6.07, 6.45) is 1.32. The zero-order valence-corrected chi connectivity index (χ0v) is 13.4.